The Labute approximate surface area is 134 Å². The number of fused-ring (bicyclic) bond motifs is 4. The molecule has 3 saturated carbocycles. The summed E-state index contributed by atoms with van der Waals surface area (Å²) in [4.78, 5) is 24.6. The van der Waals surface area contributed by atoms with E-state index in [2.05, 4.69) is 6.08 Å². The minimum absolute atomic E-state index is 0.0292. The minimum Gasteiger partial charge on any atom is -0.463 e. The largest absolute Gasteiger partial charge is 0.463 e. The van der Waals surface area contributed by atoms with Crippen LogP contribution in [-0.2, 0) is 19.1 Å². The molecule has 0 saturated heterocycles. The molecule has 1 aromatic carbocycles. The number of hydrogen-bond acceptors (Lipinski definition) is 4. The SMILES string of the molecule is COC(=O)/C1=C/C2C3CCC2C3/C=C(/c2ccccc2)C(=O)O1. The zero-order valence-electron chi connectivity index (χ0n) is 12.9. The molecule has 4 bridgehead atoms. The topological polar surface area (TPSA) is 52.6 Å². The molecule has 0 amide bonds. The second kappa shape index (κ2) is 5.37. The minimum atomic E-state index is -0.587. The zero-order valence-corrected chi connectivity index (χ0v) is 12.9. The van der Waals surface area contributed by atoms with E-state index in [1.54, 1.807) is 0 Å². The van der Waals surface area contributed by atoms with Gasteiger partial charge in [-0.05, 0) is 48.2 Å². The Morgan fingerprint density at radius 2 is 1.74 bits per heavy atom. The van der Waals surface area contributed by atoms with Crippen LogP contribution in [0.15, 0.2) is 48.2 Å². The molecule has 4 nitrogen and oxygen atoms in total. The van der Waals surface area contributed by atoms with Crippen LogP contribution in [0.3, 0.4) is 0 Å². The number of methoxy groups -OCH3 is 1. The maximum absolute atomic E-state index is 12.6. The number of benzene rings is 1. The quantitative estimate of drug-likeness (QED) is 0.788. The van der Waals surface area contributed by atoms with E-state index in [-0.39, 0.29) is 5.76 Å². The van der Waals surface area contributed by atoms with E-state index in [9.17, 15) is 9.59 Å². The molecule has 5 aliphatic rings. The third kappa shape index (κ3) is 2.21. The van der Waals surface area contributed by atoms with Crippen molar-refractivity contribution in [1.82, 2.24) is 0 Å². The maximum Gasteiger partial charge on any atom is 0.373 e. The molecule has 6 rings (SSSR count). The van der Waals surface area contributed by atoms with Gasteiger partial charge in [0.1, 0.15) is 0 Å². The van der Waals surface area contributed by atoms with Crippen molar-refractivity contribution in [3.8, 4) is 0 Å². The molecule has 118 valence electrons. The fourth-order valence-corrected chi connectivity index (χ4v) is 4.32. The lowest BCUT2D eigenvalue weighted by Crippen LogP contribution is -2.37. The lowest BCUT2D eigenvalue weighted by Gasteiger charge is -2.41. The van der Waals surface area contributed by atoms with E-state index in [1.165, 1.54) is 7.11 Å². The second-order valence-corrected chi connectivity index (χ2v) is 6.42. The predicted octanol–water partition coefficient (Wildman–Crippen LogP) is 2.96. The Morgan fingerprint density at radius 3 is 2.39 bits per heavy atom. The first-order chi connectivity index (χ1) is 11.2. The molecule has 3 aliphatic carbocycles. The van der Waals surface area contributed by atoms with Crippen LogP contribution in [0.25, 0.3) is 5.57 Å². The summed E-state index contributed by atoms with van der Waals surface area (Å²) in [5, 5.41) is 0. The molecular weight excluding hydrogens is 292 g/mol. The summed E-state index contributed by atoms with van der Waals surface area (Å²) in [5.41, 5.74) is 1.37. The standard InChI is InChI=1S/C19H18O4/c1-22-19(21)17-10-16-12-7-8-13(16)15(12)9-14(18(20)23-17)11-5-3-2-4-6-11/h2-6,9-10,12-13,15-16H,7-8H2,1H3/b14-9-,17-10-. The van der Waals surface area contributed by atoms with Crippen molar-refractivity contribution in [3.63, 3.8) is 0 Å². The average molecular weight is 310 g/mol. The summed E-state index contributed by atoms with van der Waals surface area (Å²) in [5.74, 6) is 0.655. The van der Waals surface area contributed by atoms with Gasteiger partial charge in [-0.1, -0.05) is 36.4 Å². The Bertz CT molecular complexity index is 704. The molecule has 0 N–H and O–H groups in total. The summed E-state index contributed by atoms with van der Waals surface area (Å²) >= 11 is 0. The van der Waals surface area contributed by atoms with Crippen molar-refractivity contribution in [2.24, 2.45) is 23.7 Å². The molecule has 4 heteroatoms. The van der Waals surface area contributed by atoms with E-state index < -0.39 is 11.9 Å². The molecule has 0 aromatic heterocycles. The number of esters is 2. The number of ether oxygens (including phenoxy) is 2. The van der Waals surface area contributed by atoms with Crippen LogP contribution in [0, 0.1) is 23.7 Å². The van der Waals surface area contributed by atoms with E-state index >= 15 is 0 Å². The van der Waals surface area contributed by atoms with Gasteiger partial charge >= 0.3 is 11.9 Å². The number of carbonyl (C=O) groups excluding carboxylic acids is 2. The Hall–Kier alpha value is -2.36. The van der Waals surface area contributed by atoms with Crippen LogP contribution in [0.1, 0.15) is 18.4 Å². The predicted molar refractivity (Wildman–Crippen MR) is 83.8 cm³/mol. The van der Waals surface area contributed by atoms with E-state index in [0.29, 0.717) is 29.2 Å². The van der Waals surface area contributed by atoms with Gasteiger partial charge in [-0.2, -0.15) is 0 Å². The highest BCUT2D eigenvalue weighted by atomic mass is 16.6. The second-order valence-electron chi connectivity index (χ2n) is 6.42. The first kappa shape index (κ1) is 14.2. The van der Waals surface area contributed by atoms with Crippen LogP contribution in [0.4, 0.5) is 0 Å². The average Bonchev–Trinajstić information content (AvgIpc) is 3.19. The number of hydrogen-bond donors (Lipinski definition) is 0. The van der Waals surface area contributed by atoms with Crippen molar-refractivity contribution >= 4 is 17.5 Å². The van der Waals surface area contributed by atoms with Crippen molar-refractivity contribution < 1.29 is 19.1 Å². The smallest absolute Gasteiger partial charge is 0.373 e. The normalized spacial score (nSPS) is 36.1. The Morgan fingerprint density at radius 1 is 1.09 bits per heavy atom. The molecule has 2 unspecified atom stereocenters. The van der Waals surface area contributed by atoms with E-state index in [4.69, 9.17) is 9.47 Å². The van der Waals surface area contributed by atoms with E-state index in [0.717, 1.165) is 18.4 Å². The maximum atomic E-state index is 12.6. The fraction of sp³-hybridized carbons (Fsp3) is 0.368. The molecule has 0 radical (unpaired) electrons. The van der Waals surface area contributed by atoms with Gasteiger partial charge in [-0.3, -0.25) is 0 Å². The van der Waals surface area contributed by atoms with Crippen LogP contribution < -0.4 is 0 Å². The van der Waals surface area contributed by atoms with Gasteiger partial charge in [0.15, 0.2) is 0 Å². The highest BCUT2D eigenvalue weighted by Gasteiger charge is 2.54. The van der Waals surface area contributed by atoms with Gasteiger partial charge in [0.2, 0.25) is 5.76 Å². The summed E-state index contributed by atoms with van der Waals surface area (Å²) < 4.78 is 10.2. The molecule has 1 aromatic rings. The summed E-state index contributed by atoms with van der Waals surface area (Å²) in [6.07, 6.45) is 6.14. The Balaban J connectivity index is 1.78. The first-order valence-corrected chi connectivity index (χ1v) is 7.98. The monoisotopic (exact) mass is 310 g/mol. The third-order valence-corrected chi connectivity index (χ3v) is 5.41. The molecule has 2 aliphatic heterocycles. The van der Waals surface area contributed by atoms with Gasteiger partial charge in [0.05, 0.1) is 12.7 Å². The van der Waals surface area contributed by atoms with Crippen molar-refractivity contribution in [2.45, 2.75) is 12.8 Å². The van der Waals surface area contributed by atoms with Crippen molar-refractivity contribution in [1.29, 1.82) is 0 Å². The van der Waals surface area contributed by atoms with Gasteiger partial charge in [0, 0.05) is 0 Å². The molecule has 23 heavy (non-hydrogen) atoms. The number of allylic oxidation sites excluding steroid dienone is 2. The Kier molecular flexibility index (Phi) is 3.33. The molecule has 3 fully saturated rings. The van der Waals surface area contributed by atoms with Gasteiger partial charge < -0.3 is 9.47 Å². The lowest BCUT2D eigenvalue weighted by molar-refractivity contribution is -0.146. The van der Waals surface area contributed by atoms with Gasteiger partial charge in [-0.15, -0.1) is 0 Å². The van der Waals surface area contributed by atoms with Crippen LogP contribution in [0.2, 0.25) is 0 Å². The van der Waals surface area contributed by atoms with Crippen molar-refractivity contribution in [3.05, 3.63) is 53.8 Å². The number of carbonyl (C=O) groups is 2. The number of rotatable bonds is 2. The molecular formula is C19H18O4. The highest BCUT2D eigenvalue weighted by molar-refractivity contribution is 6.17. The highest BCUT2D eigenvalue weighted by Crippen LogP contribution is 2.60. The lowest BCUT2D eigenvalue weighted by atomic mass is 9.62. The van der Waals surface area contributed by atoms with Crippen LogP contribution >= 0.6 is 0 Å². The van der Waals surface area contributed by atoms with E-state index in [1.807, 2.05) is 36.4 Å². The van der Waals surface area contributed by atoms with Gasteiger partial charge in [-0.25, -0.2) is 9.59 Å². The summed E-state index contributed by atoms with van der Waals surface area (Å²) in [6.45, 7) is 0. The van der Waals surface area contributed by atoms with Crippen LogP contribution in [-0.4, -0.2) is 19.0 Å². The molecule has 0 spiro atoms. The summed E-state index contributed by atoms with van der Waals surface area (Å²) in [6, 6.07) is 9.49. The molecule has 2 heterocycles. The van der Waals surface area contributed by atoms with Crippen molar-refractivity contribution in [2.75, 3.05) is 7.11 Å². The first-order valence-electron chi connectivity index (χ1n) is 7.98. The summed E-state index contributed by atoms with van der Waals surface area (Å²) in [7, 11) is 1.30. The zero-order chi connectivity index (χ0) is 16.0. The fourth-order valence-electron chi connectivity index (χ4n) is 4.32. The van der Waals surface area contributed by atoms with Gasteiger partial charge in [0.25, 0.3) is 0 Å². The molecule has 2 atom stereocenters. The third-order valence-electron chi connectivity index (χ3n) is 5.41. The van der Waals surface area contributed by atoms with Crippen LogP contribution in [0.5, 0.6) is 0 Å².